The normalized spacial score (nSPS) is 28.8. The van der Waals surface area contributed by atoms with Crippen molar-refractivity contribution in [1.29, 1.82) is 0 Å². The molecule has 1 aromatic rings. The first kappa shape index (κ1) is 16.3. The van der Waals surface area contributed by atoms with Gasteiger partial charge in [-0.05, 0) is 31.0 Å². The van der Waals surface area contributed by atoms with E-state index in [9.17, 15) is 24.6 Å². The van der Waals surface area contributed by atoms with E-state index < -0.39 is 35.2 Å². The Morgan fingerprint density at radius 2 is 2.08 bits per heavy atom. The number of aliphatic carboxylic acids is 1. The Bertz CT molecular complexity index is 711. The largest absolute Gasteiger partial charge is 0.508 e. The lowest BCUT2D eigenvalue weighted by atomic mass is 9.77. The second kappa shape index (κ2) is 5.81. The minimum atomic E-state index is -1.59. The number of methoxy groups -OCH3 is 1. The van der Waals surface area contributed by atoms with Gasteiger partial charge in [-0.2, -0.15) is 0 Å². The summed E-state index contributed by atoms with van der Waals surface area (Å²) in [6, 6.07) is 4.11. The second-order valence-corrected chi connectivity index (χ2v) is 6.25. The molecule has 24 heavy (non-hydrogen) atoms. The van der Waals surface area contributed by atoms with Gasteiger partial charge in [-0.3, -0.25) is 14.4 Å². The van der Waals surface area contributed by atoms with Crippen LogP contribution in [0, 0.1) is 11.8 Å². The maximum atomic E-state index is 13.0. The number of rotatable bonds is 2. The van der Waals surface area contributed by atoms with E-state index in [0.29, 0.717) is 19.3 Å². The second-order valence-electron chi connectivity index (χ2n) is 6.25. The molecule has 0 aromatic heterocycles. The van der Waals surface area contributed by atoms with Gasteiger partial charge in [0.1, 0.15) is 17.4 Å². The Labute approximate surface area is 138 Å². The number of aromatic hydroxyl groups is 1. The van der Waals surface area contributed by atoms with Crippen LogP contribution in [0.2, 0.25) is 0 Å². The van der Waals surface area contributed by atoms with Gasteiger partial charge in [-0.25, -0.2) is 0 Å². The van der Waals surface area contributed by atoms with E-state index >= 15 is 0 Å². The lowest BCUT2D eigenvalue weighted by molar-refractivity contribution is -0.153. The molecule has 1 heterocycles. The van der Waals surface area contributed by atoms with Crippen LogP contribution in [0.1, 0.15) is 36.0 Å². The molecule has 1 spiro atoms. The van der Waals surface area contributed by atoms with Gasteiger partial charge in [0.05, 0.1) is 18.6 Å². The number of carbonyl (C=O) groups is 3. The van der Waals surface area contributed by atoms with E-state index in [1.165, 1.54) is 25.3 Å². The van der Waals surface area contributed by atoms with Crippen LogP contribution in [0.4, 0.5) is 0 Å². The van der Waals surface area contributed by atoms with E-state index in [-0.39, 0.29) is 23.5 Å². The van der Waals surface area contributed by atoms with Crippen molar-refractivity contribution in [3.63, 3.8) is 0 Å². The number of ether oxygens (including phenoxy) is 2. The molecule has 3 rings (SSSR count). The zero-order valence-electron chi connectivity index (χ0n) is 13.2. The molecule has 2 aliphatic rings. The van der Waals surface area contributed by atoms with Crippen molar-refractivity contribution in [3.8, 4) is 11.5 Å². The number of hydrogen-bond acceptors (Lipinski definition) is 6. The van der Waals surface area contributed by atoms with Crippen molar-refractivity contribution >= 4 is 17.7 Å². The Morgan fingerprint density at radius 3 is 2.75 bits per heavy atom. The van der Waals surface area contributed by atoms with Gasteiger partial charge in [0.2, 0.25) is 5.78 Å². The highest BCUT2D eigenvalue weighted by Gasteiger charge is 2.58. The van der Waals surface area contributed by atoms with Crippen molar-refractivity contribution in [3.05, 3.63) is 23.8 Å². The Hall–Kier alpha value is -2.57. The van der Waals surface area contributed by atoms with Crippen LogP contribution in [0.3, 0.4) is 0 Å². The first-order chi connectivity index (χ1) is 11.4. The molecule has 7 nitrogen and oxygen atoms in total. The summed E-state index contributed by atoms with van der Waals surface area (Å²) in [6.07, 6.45) is 1.05. The molecule has 0 amide bonds. The van der Waals surface area contributed by atoms with Crippen LogP contribution < -0.4 is 4.74 Å². The minimum absolute atomic E-state index is 0.0965. The van der Waals surface area contributed by atoms with Crippen LogP contribution in [-0.2, 0) is 14.3 Å². The molecule has 1 aliphatic carbocycles. The molecule has 2 N–H and O–H groups in total. The average Bonchev–Trinajstić information content (AvgIpc) is 2.72. The first-order valence-corrected chi connectivity index (χ1v) is 7.76. The first-order valence-electron chi connectivity index (χ1n) is 7.76. The molecular weight excluding hydrogens is 316 g/mol. The summed E-state index contributed by atoms with van der Waals surface area (Å²) in [7, 11) is 1.23. The number of carbonyl (C=O) groups excluding carboxylic acids is 2. The molecule has 1 fully saturated rings. The van der Waals surface area contributed by atoms with Gasteiger partial charge >= 0.3 is 11.9 Å². The van der Waals surface area contributed by atoms with Gasteiger partial charge in [-0.1, -0.05) is 6.42 Å². The Kier molecular flexibility index (Phi) is 3.95. The van der Waals surface area contributed by atoms with E-state index in [0.717, 1.165) is 0 Å². The number of benzene rings is 1. The third-order valence-electron chi connectivity index (χ3n) is 4.88. The zero-order chi connectivity index (χ0) is 17.5. The minimum Gasteiger partial charge on any atom is -0.508 e. The Morgan fingerprint density at radius 1 is 1.33 bits per heavy atom. The fraction of sp³-hybridized carbons (Fsp3) is 0.471. The van der Waals surface area contributed by atoms with E-state index in [1.807, 2.05) is 0 Å². The number of carboxylic acids is 1. The monoisotopic (exact) mass is 334 g/mol. The van der Waals surface area contributed by atoms with Crippen molar-refractivity contribution in [1.82, 2.24) is 0 Å². The summed E-state index contributed by atoms with van der Waals surface area (Å²) in [6.45, 7) is 0. The van der Waals surface area contributed by atoms with Crippen molar-refractivity contribution in [2.45, 2.75) is 31.3 Å². The fourth-order valence-electron chi connectivity index (χ4n) is 3.69. The maximum absolute atomic E-state index is 13.0. The number of phenolic OH excluding ortho intramolecular Hbond substituents is 1. The summed E-state index contributed by atoms with van der Waals surface area (Å²) >= 11 is 0. The summed E-state index contributed by atoms with van der Waals surface area (Å²) in [5.41, 5.74) is -1.43. The molecule has 0 radical (unpaired) electrons. The number of fused-ring (bicyclic) bond motifs is 1. The van der Waals surface area contributed by atoms with E-state index in [4.69, 9.17) is 9.47 Å². The number of ketones is 1. The lowest BCUT2D eigenvalue weighted by Crippen LogP contribution is -2.51. The summed E-state index contributed by atoms with van der Waals surface area (Å²) in [5, 5.41) is 19.0. The summed E-state index contributed by atoms with van der Waals surface area (Å²) in [5.74, 6) is -3.60. The van der Waals surface area contributed by atoms with Crippen LogP contribution in [0.25, 0.3) is 0 Å². The summed E-state index contributed by atoms with van der Waals surface area (Å²) < 4.78 is 10.7. The van der Waals surface area contributed by atoms with Crippen LogP contribution >= 0.6 is 0 Å². The molecule has 1 unspecified atom stereocenters. The molecule has 128 valence electrons. The third kappa shape index (κ3) is 2.40. The highest BCUT2D eigenvalue weighted by atomic mass is 16.5. The number of phenols is 1. The smallest absolute Gasteiger partial charge is 0.313 e. The molecule has 1 aromatic carbocycles. The molecule has 1 aliphatic heterocycles. The molecule has 1 saturated carbocycles. The van der Waals surface area contributed by atoms with Crippen molar-refractivity contribution < 1.29 is 34.1 Å². The van der Waals surface area contributed by atoms with Crippen LogP contribution in [0.15, 0.2) is 18.2 Å². The molecular formula is C17H18O7. The van der Waals surface area contributed by atoms with Crippen LogP contribution in [-0.4, -0.2) is 40.6 Å². The molecule has 0 bridgehead atoms. The lowest BCUT2D eigenvalue weighted by Gasteiger charge is -2.33. The quantitative estimate of drug-likeness (QED) is 0.793. The summed E-state index contributed by atoms with van der Waals surface area (Å²) in [4.78, 5) is 36.8. The van der Waals surface area contributed by atoms with E-state index in [1.54, 1.807) is 0 Å². The number of hydrogen-bond donors (Lipinski definition) is 2. The zero-order valence-corrected chi connectivity index (χ0v) is 13.2. The van der Waals surface area contributed by atoms with Gasteiger partial charge in [0.25, 0.3) is 0 Å². The predicted octanol–water partition coefficient (Wildman–Crippen LogP) is 1.77. The number of Topliss-reactive ketones (excluding diaryl/α,β-unsaturated/α-hetero) is 1. The molecule has 7 heteroatoms. The van der Waals surface area contributed by atoms with Gasteiger partial charge in [0.15, 0.2) is 5.60 Å². The van der Waals surface area contributed by atoms with E-state index in [2.05, 4.69) is 0 Å². The maximum Gasteiger partial charge on any atom is 0.313 e. The average molecular weight is 334 g/mol. The molecule has 0 saturated heterocycles. The highest BCUT2D eigenvalue weighted by Crippen LogP contribution is 2.48. The SMILES string of the molecule is COC(=O)[C@@H]1CCCC(C(=O)O)C[C@@]12Oc1ccc(O)cc1C2=O. The number of esters is 1. The van der Waals surface area contributed by atoms with Crippen LogP contribution in [0.5, 0.6) is 11.5 Å². The van der Waals surface area contributed by atoms with Gasteiger partial charge in [-0.15, -0.1) is 0 Å². The fourth-order valence-corrected chi connectivity index (χ4v) is 3.69. The predicted molar refractivity (Wildman–Crippen MR) is 80.9 cm³/mol. The van der Waals surface area contributed by atoms with Gasteiger partial charge in [0, 0.05) is 6.42 Å². The highest BCUT2D eigenvalue weighted by molar-refractivity contribution is 6.10. The van der Waals surface area contributed by atoms with Crippen molar-refractivity contribution in [2.24, 2.45) is 11.8 Å². The number of carboxylic acid groups (broad SMARTS) is 1. The third-order valence-corrected chi connectivity index (χ3v) is 4.88. The molecule has 3 atom stereocenters. The Balaban J connectivity index is 2.09. The van der Waals surface area contributed by atoms with Gasteiger partial charge < -0.3 is 19.7 Å². The topological polar surface area (TPSA) is 110 Å². The van der Waals surface area contributed by atoms with Crippen molar-refractivity contribution in [2.75, 3.05) is 7.11 Å². The standard InChI is InChI=1S/C17H18O7/c1-23-16(22)12-4-2-3-9(15(20)21)8-17(12)14(19)11-7-10(18)5-6-13(11)24-17/h5-7,9,12,18H,2-4,8H2,1H3,(H,20,21)/t9?,12-,17+/m0/s1.